The van der Waals surface area contributed by atoms with Crippen molar-refractivity contribution in [3.05, 3.63) is 57.2 Å². The molecule has 0 unspecified atom stereocenters. The fourth-order valence-electron chi connectivity index (χ4n) is 2.67. The molecule has 0 spiro atoms. The lowest BCUT2D eigenvalue weighted by molar-refractivity contribution is -0.137. The van der Waals surface area contributed by atoms with E-state index in [9.17, 15) is 14.4 Å². The van der Waals surface area contributed by atoms with E-state index in [-0.39, 0.29) is 11.3 Å². The molecule has 0 bridgehead atoms. The van der Waals surface area contributed by atoms with Gasteiger partial charge in [0.25, 0.3) is 11.5 Å². The van der Waals surface area contributed by atoms with E-state index in [4.69, 9.17) is 4.74 Å². The van der Waals surface area contributed by atoms with Crippen LogP contribution in [-0.2, 0) is 11.8 Å². The first-order chi connectivity index (χ1) is 12.8. The molecule has 1 N–H and O–H groups in total. The van der Waals surface area contributed by atoms with Crippen molar-refractivity contribution < 1.29 is 14.3 Å². The first-order valence-corrected chi connectivity index (χ1v) is 9.38. The zero-order valence-corrected chi connectivity index (χ0v) is 16.3. The maximum absolute atomic E-state index is 12.9. The lowest BCUT2D eigenvalue weighted by atomic mass is 10.1. The summed E-state index contributed by atoms with van der Waals surface area (Å²) in [6, 6.07) is 8.82. The molecule has 2 heterocycles. The molecule has 0 atom stereocenters. The summed E-state index contributed by atoms with van der Waals surface area (Å²) in [5.74, 6) is -1.48. The van der Waals surface area contributed by atoms with Gasteiger partial charge in [-0.2, -0.15) is 0 Å². The van der Waals surface area contributed by atoms with Crippen molar-refractivity contribution in [1.29, 1.82) is 0 Å². The largest absolute Gasteiger partial charge is 0.424 e. The van der Waals surface area contributed by atoms with Crippen LogP contribution < -0.4 is 15.6 Å². The second kappa shape index (κ2) is 7.36. The molecule has 1 aromatic carbocycles. The molecule has 0 saturated carbocycles. The van der Waals surface area contributed by atoms with Crippen LogP contribution in [0.2, 0.25) is 0 Å². The maximum Gasteiger partial charge on any atom is 0.313 e. The zero-order valence-electron chi connectivity index (χ0n) is 15.5. The number of benzene rings is 1. The third-order valence-corrected chi connectivity index (χ3v) is 5.34. The van der Waals surface area contributed by atoms with Gasteiger partial charge in [-0.15, -0.1) is 11.3 Å². The number of thiophene rings is 1. The molecular formula is C20H20N2O4S. The van der Waals surface area contributed by atoms with Crippen LogP contribution >= 0.6 is 11.3 Å². The number of aryl methyl sites for hydroxylation is 2. The second-order valence-corrected chi connectivity index (χ2v) is 7.42. The molecular weight excluding hydrogens is 364 g/mol. The normalized spacial score (nSPS) is 11.0. The summed E-state index contributed by atoms with van der Waals surface area (Å²) in [4.78, 5) is 38.7. The van der Waals surface area contributed by atoms with Crippen LogP contribution in [-0.4, -0.2) is 16.4 Å². The molecule has 27 heavy (non-hydrogen) atoms. The Hall–Kier alpha value is -2.93. The molecule has 1 amide bonds. The van der Waals surface area contributed by atoms with Gasteiger partial charge in [0.15, 0.2) is 5.75 Å². The van der Waals surface area contributed by atoms with Crippen LogP contribution in [0, 0.1) is 12.8 Å². The first kappa shape index (κ1) is 18.8. The second-order valence-electron chi connectivity index (χ2n) is 6.56. The van der Waals surface area contributed by atoms with Gasteiger partial charge in [0.1, 0.15) is 10.4 Å². The number of ether oxygens (including phenoxy) is 1. The standard InChI is InChI=1S/C20H20N2O4S/c1-11(2)20(25)26-16-14-12(3)10-27-19(14)22(4)18(24)15(16)17(23)21-13-8-6-5-7-9-13/h5-11H,1-4H3,(H,21,23). The summed E-state index contributed by atoms with van der Waals surface area (Å²) >= 11 is 1.37. The molecule has 2 aromatic heterocycles. The minimum Gasteiger partial charge on any atom is -0.424 e. The van der Waals surface area contributed by atoms with Crippen molar-refractivity contribution in [3.8, 4) is 5.75 Å². The lowest BCUT2D eigenvalue weighted by Crippen LogP contribution is -2.30. The molecule has 0 radical (unpaired) electrons. The van der Waals surface area contributed by atoms with E-state index < -0.39 is 23.4 Å². The Labute approximate surface area is 160 Å². The number of nitrogens with one attached hydrogen (secondary N) is 1. The predicted octanol–water partition coefficient (Wildman–Crippen LogP) is 3.72. The molecule has 3 aromatic rings. The average Bonchev–Trinajstić information content (AvgIpc) is 3.02. The number of aromatic nitrogens is 1. The molecule has 0 saturated heterocycles. The Bertz CT molecular complexity index is 1080. The number of para-hydroxylation sites is 1. The van der Waals surface area contributed by atoms with E-state index in [1.165, 1.54) is 15.9 Å². The fourth-order valence-corrected chi connectivity index (χ4v) is 3.69. The van der Waals surface area contributed by atoms with Crippen LogP contribution in [0.15, 0.2) is 40.5 Å². The van der Waals surface area contributed by atoms with Crippen LogP contribution in [0.3, 0.4) is 0 Å². The predicted molar refractivity (Wildman–Crippen MR) is 107 cm³/mol. The van der Waals surface area contributed by atoms with E-state index in [1.54, 1.807) is 45.2 Å². The highest BCUT2D eigenvalue weighted by atomic mass is 32.1. The smallest absolute Gasteiger partial charge is 0.313 e. The number of rotatable bonds is 4. The van der Waals surface area contributed by atoms with Crippen molar-refractivity contribution in [2.24, 2.45) is 13.0 Å². The average molecular weight is 384 g/mol. The summed E-state index contributed by atoms with van der Waals surface area (Å²) in [6.45, 7) is 5.25. The highest BCUT2D eigenvalue weighted by molar-refractivity contribution is 7.17. The maximum atomic E-state index is 12.9. The quantitative estimate of drug-likeness (QED) is 0.696. The summed E-state index contributed by atoms with van der Waals surface area (Å²) in [5, 5.41) is 5.18. The van der Waals surface area contributed by atoms with Gasteiger partial charge < -0.3 is 14.6 Å². The highest BCUT2D eigenvalue weighted by Crippen LogP contribution is 2.35. The van der Waals surface area contributed by atoms with Crippen LogP contribution in [0.4, 0.5) is 5.69 Å². The number of esters is 1. The van der Waals surface area contributed by atoms with Crippen molar-refractivity contribution in [2.75, 3.05) is 5.32 Å². The molecule has 140 valence electrons. The van der Waals surface area contributed by atoms with Crippen LogP contribution in [0.1, 0.15) is 29.8 Å². The van der Waals surface area contributed by atoms with E-state index in [0.717, 1.165) is 5.56 Å². The van der Waals surface area contributed by atoms with Gasteiger partial charge in [-0.1, -0.05) is 32.0 Å². The minimum atomic E-state index is -0.610. The summed E-state index contributed by atoms with van der Waals surface area (Å²) in [5.41, 5.74) is 0.701. The van der Waals surface area contributed by atoms with Gasteiger partial charge in [-0.25, -0.2) is 0 Å². The Morgan fingerprint density at radius 3 is 2.48 bits per heavy atom. The summed E-state index contributed by atoms with van der Waals surface area (Å²) < 4.78 is 6.96. The monoisotopic (exact) mass is 384 g/mol. The van der Waals surface area contributed by atoms with Crippen molar-refractivity contribution >= 4 is 39.1 Å². The number of nitrogens with zero attached hydrogens (tertiary/aromatic N) is 1. The fraction of sp³-hybridized carbons (Fsp3) is 0.250. The number of hydrogen-bond donors (Lipinski definition) is 1. The lowest BCUT2D eigenvalue weighted by Gasteiger charge is -2.15. The molecule has 6 nitrogen and oxygen atoms in total. The Morgan fingerprint density at radius 1 is 1.19 bits per heavy atom. The number of anilines is 1. The van der Waals surface area contributed by atoms with Gasteiger partial charge >= 0.3 is 5.97 Å². The topological polar surface area (TPSA) is 77.4 Å². The molecule has 0 aliphatic heterocycles. The number of amides is 1. The Kier molecular flexibility index (Phi) is 5.14. The van der Waals surface area contributed by atoms with Gasteiger partial charge in [0, 0.05) is 12.7 Å². The number of carbonyl (C=O) groups is 2. The molecule has 0 aliphatic carbocycles. The molecule has 0 fully saturated rings. The van der Waals surface area contributed by atoms with Gasteiger partial charge in [-0.05, 0) is 30.0 Å². The third-order valence-electron chi connectivity index (χ3n) is 4.17. The van der Waals surface area contributed by atoms with E-state index in [0.29, 0.717) is 15.9 Å². The van der Waals surface area contributed by atoms with E-state index in [2.05, 4.69) is 5.32 Å². The van der Waals surface area contributed by atoms with Gasteiger partial charge in [0.05, 0.1) is 11.3 Å². The van der Waals surface area contributed by atoms with Crippen LogP contribution in [0.25, 0.3) is 10.2 Å². The zero-order chi connectivity index (χ0) is 19.7. The number of carbonyl (C=O) groups excluding carboxylic acids is 2. The SMILES string of the molecule is Cc1csc2c1c(OC(=O)C(C)C)c(C(=O)Nc1ccccc1)c(=O)n2C. The number of pyridine rings is 1. The first-order valence-electron chi connectivity index (χ1n) is 8.50. The van der Waals surface area contributed by atoms with Crippen molar-refractivity contribution in [2.45, 2.75) is 20.8 Å². The molecule has 3 rings (SSSR count). The Morgan fingerprint density at radius 2 is 1.85 bits per heavy atom. The van der Waals surface area contributed by atoms with E-state index >= 15 is 0 Å². The molecule has 7 heteroatoms. The summed E-state index contributed by atoms with van der Waals surface area (Å²) in [6.07, 6.45) is 0. The third kappa shape index (κ3) is 3.50. The van der Waals surface area contributed by atoms with Crippen molar-refractivity contribution in [1.82, 2.24) is 4.57 Å². The van der Waals surface area contributed by atoms with Crippen LogP contribution in [0.5, 0.6) is 5.75 Å². The Balaban J connectivity index is 2.21. The highest BCUT2D eigenvalue weighted by Gasteiger charge is 2.27. The number of hydrogen-bond acceptors (Lipinski definition) is 5. The van der Waals surface area contributed by atoms with Crippen molar-refractivity contribution in [3.63, 3.8) is 0 Å². The molecule has 0 aliphatic rings. The van der Waals surface area contributed by atoms with Gasteiger partial charge in [-0.3, -0.25) is 14.4 Å². The van der Waals surface area contributed by atoms with Gasteiger partial charge in [0.2, 0.25) is 0 Å². The minimum absolute atomic E-state index is 0.0268. The summed E-state index contributed by atoms with van der Waals surface area (Å²) in [7, 11) is 1.61. The number of fused-ring (bicyclic) bond motifs is 1. The van der Waals surface area contributed by atoms with E-state index in [1.807, 2.05) is 18.4 Å².